The summed E-state index contributed by atoms with van der Waals surface area (Å²) in [5.41, 5.74) is 0.893. The van der Waals surface area contributed by atoms with Gasteiger partial charge >= 0.3 is 6.03 Å². The minimum Gasteiger partial charge on any atom is -0.359 e. The molecule has 1 fully saturated rings. The van der Waals surface area contributed by atoms with E-state index < -0.39 is 0 Å². The van der Waals surface area contributed by atoms with Crippen molar-refractivity contribution in [1.82, 2.24) is 20.7 Å². The summed E-state index contributed by atoms with van der Waals surface area (Å²) < 4.78 is 5.21. The molecule has 0 atom stereocenters. The molecule has 1 aliphatic heterocycles. The molecule has 7 nitrogen and oxygen atoms in total. The molecule has 0 spiro atoms. The summed E-state index contributed by atoms with van der Waals surface area (Å²) in [4.78, 5) is 25.3. The van der Waals surface area contributed by atoms with E-state index in [2.05, 4.69) is 15.8 Å². The normalized spacial score (nSPS) is 15.7. The van der Waals surface area contributed by atoms with Gasteiger partial charge in [0.2, 0.25) is 5.91 Å². The molecule has 1 aromatic rings. The Morgan fingerprint density at radius 3 is 2.65 bits per heavy atom. The Balaban J connectivity index is 1.73. The Morgan fingerprint density at radius 2 is 2.09 bits per heavy atom. The van der Waals surface area contributed by atoms with Crippen LogP contribution in [0.4, 0.5) is 4.79 Å². The number of nitrogens with zero attached hydrogens (tertiary/aromatic N) is 2. The number of carbonyl (C=O) groups is 2. The van der Waals surface area contributed by atoms with Crippen molar-refractivity contribution in [2.45, 2.75) is 45.6 Å². The number of rotatable bonds is 5. The number of carbonyl (C=O) groups excluding carboxylic acids is 2. The summed E-state index contributed by atoms with van der Waals surface area (Å²) in [6.07, 6.45) is 2.27. The topological polar surface area (TPSA) is 87.5 Å². The van der Waals surface area contributed by atoms with Crippen LogP contribution in [0.25, 0.3) is 0 Å². The highest BCUT2D eigenvalue weighted by Gasteiger charge is 2.24. The maximum Gasteiger partial charge on any atom is 0.317 e. The molecule has 1 aromatic heterocycles. The lowest BCUT2D eigenvalue weighted by Gasteiger charge is -2.31. The van der Waals surface area contributed by atoms with Gasteiger partial charge in [-0.15, -0.1) is 0 Å². The Morgan fingerprint density at radius 1 is 1.39 bits per heavy atom. The molecule has 23 heavy (non-hydrogen) atoms. The van der Waals surface area contributed by atoms with E-state index in [0.29, 0.717) is 43.7 Å². The quantitative estimate of drug-likeness (QED) is 0.866. The number of urea groups is 1. The zero-order valence-corrected chi connectivity index (χ0v) is 14.1. The largest absolute Gasteiger partial charge is 0.359 e. The van der Waals surface area contributed by atoms with Crippen molar-refractivity contribution < 1.29 is 14.1 Å². The van der Waals surface area contributed by atoms with Crippen molar-refractivity contribution in [3.8, 4) is 0 Å². The van der Waals surface area contributed by atoms with Crippen LogP contribution in [0.15, 0.2) is 10.6 Å². The van der Waals surface area contributed by atoms with Gasteiger partial charge in [-0.25, -0.2) is 4.79 Å². The van der Waals surface area contributed by atoms with Gasteiger partial charge in [0.15, 0.2) is 5.76 Å². The van der Waals surface area contributed by atoms with E-state index in [9.17, 15) is 9.59 Å². The Hall–Kier alpha value is -2.05. The monoisotopic (exact) mass is 322 g/mol. The van der Waals surface area contributed by atoms with Crippen molar-refractivity contribution in [2.75, 3.05) is 20.1 Å². The van der Waals surface area contributed by atoms with Gasteiger partial charge in [-0.05, 0) is 24.7 Å². The number of piperidine rings is 1. The molecule has 0 unspecified atom stereocenters. The van der Waals surface area contributed by atoms with Gasteiger partial charge in [-0.1, -0.05) is 19.0 Å². The lowest BCUT2D eigenvalue weighted by atomic mass is 9.93. The van der Waals surface area contributed by atoms with E-state index in [1.165, 1.54) is 0 Å². The highest BCUT2D eigenvalue weighted by Crippen LogP contribution is 2.20. The van der Waals surface area contributed by atoms with E-state index >= 15 is 0 Å². The van der Waals surface area contributed by atoms with Crippen LogP contribution in [0, 0.1) is 5.92 Å². The van der Waals surface area contributed by atoms with E-state index in [4.69, 9.17) is 4.52 Å². The van der Waals surface area contributed by atoms with Gasteiger partial charge in [-0.2, -0.15) is 0 Å². The number of nitrogens with one attached hydrogen (secondary N) is 2. The van der Waals surface area contributed by atoms with Gasteiger partial charge in [0, 0.05) is 32.6 Å². The number of aromatic nitrogens is 1. The van der Waals surface area contributed by atoms with Crippen LogP contribution in [0.5, 0.6) is 0 Å². The average Bonchev–Trinajstić information content (AvgIpc) is 3.02. The lowest BCUT2D eigenvalue weighted by molar-refractivity contribution is -0.121. The molecule has 0 saturated carbocycles. The maximum atomic E-state index is 12.2. The van der Waals surface area contributed by atoms with Crippen LogP contribution in [0.3, 0.4) is 0 Å². The van der Waals surface area contributed by atoms with E-state index in [-0.39, 0.29) is 11.9 Å². The third-order valence-electron chi connectivity index (χ3n) is 4.24. The molecular formula is C16H26N4O3. The minimum atomic E-state index is -0.0918. The van der Waals surface area contributed by atoms with Crippen LogP contribution in [-0.2, 0) is 11.3 Å². The molecule has 2 N–H and O–H groups in total. The zero-order valence-electron chi connectivity index (χ0n) is 14.1. The van der Waals surface area contributed by atoms with Crippen molar-refractivity contribution >= 4 is 11.9 Å². The fourth-order valence-corrected chi connectivity index (χ4v) is 2.66. The molecule has 1 saturated heterocycles. The van der Waals surface area contributed by atoms with Gasteiger partial charge in [-0.3, -0.25) is 4.79 Å². The molecule has 2 rings (SSSR count). The minimum absolute atomic E-state index is 0.0687. The number of hydrogen-bond acceptors (Lipinski definition) is 4. The molecule has 3 amide bonds. The van der Waals surface area contributed by atoms with Crippen LogP contribution >= 0.6 is 0 Å². The number of likely N-dealkylation sites (tertiary alicyclic amines) is 1. The molecule has 2 heterocycles. The van der Waals surface area contributed by atoms with Gasteiger partial charge < -0.3 is 20.1 Å². The van der Waals surface area contributed by atoms with E-state index in [0.717, 1.165) is 18.5 Å². The molecule has 0 radical (unpaired) electrons. The lowest BCUT2D eigenvalue weighted by Crippen LogP contribution is -2.44. The van der Waals surface area contributed by atoms with Crippen molar-refractivity contribution in [2.24, 2.45) is 5.92 Å². The first-order valence-electron chi connectivity index (χ1n) is 8.18. The predicted octanol–water partition coefficient (Wildman–Crippen LogP) is 1.86. The second-order valence-corrected chi connectivity index (χ2v) is 6.34. The van der Waals surface area contributed by atoms with Crippen molar-refractivity contribution in [1.29, 1.82) is 0 Å². The van der Waals surface area contributed by atoms with Crippen LogP contribution in [0.1, 0.15) is 50.5 Å². The average molecular weight is 322 g/mol. The molecule has 0 aromatic carbocycles. The third-order valence-corrected chi connectivity index (χ3v) is 4.24. The molecular weight excluding hydrogens is 296 g/mol. The fourth-order valence-electron chi connectivity index (χ4n) is 2.66. The first kappa shape index (κ1) is 17.3. The van der Waals surface area contributed by atoms with Gasteiger partial charge in [0.05, 0.1) is 12.2 Å². The molecule has 0 bridgehead atoms. The van der Waals surface area contributed by atoms with E-state index in [1.54, 1.807) is 11.9 Å². The Kier molecular flexibility index (Phi) is 6.01. The zero-order chi connectivity index (χ0) is 16.8. The highest BCUT2D eigenvalue weighted by molar-refractivity contribution is 5.76. The smallest absolute Gasteiger partial charge is 0.317 e. The Bertz CT molecular complexity index is 533. The molecule has 0 aliphatic carbocycles. The summed E-state index contributed by atoms with van der Waals surface area (Å²) >= 11 is 0. The van der Waals surface area contributed by atoms with Gasteiger partial charge in [0.1, 0.15) is 0 Å². The SMILES string of the molecule is CNC(=O)CC1CCN(C(=O)NCc2cc(C(C)C)no2)CC1. The van der Waals surface area contributed by atoms with Crippen LogP contribution in [0.2, 0.25) is 0 Å². The summed E-state index contributed by atoms with van der Waals surface area (Å²) in [6, 6.07) is 1.78. The standard InChI is InChI=1S/C16H26N4O3/c1-11(2)14-9-13(23-19-14)10-18-16(22)20-6-4-12(5-7-20)8-15(21)17-3/h9,11-12H,4-8,10H2,1-3H3,(H,17,21)(H,18,22). The summed E-state index contributed by atoms with van der Waals surface area (Å²) in [6.45, 7) is 5.80. The Labute approximate surface area is 136 Å². The predicted molar refractivity (Wildman–Crippen MR) is 85.8 cm³/mol. The van der Waals surface area contributed by atoms with Crippen molar-refractivity contribution in [3.63, 3.8) is 0 Å². The molecule has 128 valence electrons. The van der Waals surface area contributed by atoms with Gasteiger partial charge in [0.25, 0.3) is 0 Å². The highest BCUT2D eigenvalue weighted by atomic mass is 16.5. The second kappa shape index (κ2) is 7.99. The third kappa shape index (κ3) is 4.97. The van der Waals surface area contributed by atoms with Crippen molar-refractivity contribution in [3.05, 3.63) is 17.5 Å². The number of hydrogen-bond donors (Lipinski definition) is 2. The summed E-state index contributed by atoms with van der Waals surface area (Å²) in [7, 11) is 1.65. The van der Waals surface area contributed by atoms with Crippen LogP contribution < -0.4 is 10.6 Å². The van der Waals surface area contributed by atoms with E-state index in [1.807, 2.05) is 19.9 Å². The first-order chi connectivity index (χ1) is 11.0. The van der Waals surface area contributed by atoms with Crippen LogP contribution in [-0.4, -0.2) is 42.1 Å². The first-order valence-corrected chi connectivity index (χ1v) is 8.18. The summed E-state index contributed by atoms with van der Waals surface area (Å²) in [5, 5.41) is 9.48. The molecule has 7 heteroatoms. The number of amides is 3. The fraction of sp³-hybridized carbons (Fsp3) is 0.688. The molecule has 1 aliphatic rings. The second-order valence-electron chi connectivity index (χ2n) is 6.34. The summed E-state index contributed by atoms with van der Waals surface area (Å²) in [5.74, 6) is 1.40. The maximum absolute atomic E-state index is 12.2.